The van der Waals surface area contributed by atoms with Crippen molar-refractivity contribution >= 4 is 28.6 Å². The van der Waals surface area contributed by atoms with Crippen LogP contribution in [0, 0.1) is 0 Å². The highest BCUT2D eigenvalue weighted by Crippen LogP contribution is 2.07. The van der Waals surface area contributed by atoms with E-state index in [-0.39, 0.29) is 13.2 Å². The standard InChI is InChI=1S/C13H13N3O3/c1-2-19-13(18)11(17)8-16-10-6-4-3-5-9(10)15-7-12(16)14/h3-7,14H,2,8H2,1H3/p+1. The Labute approximate surface area is 109 Å². The van der Waals surface area contributed by atoms with Gasteiger partial charge in [0.25, 0.3) is 11.6 Å². The number of benzene rings is 1. The molecule has 2 N–H and O–H groups in total. The lowest BCUT2D eigenvalue weighted by Crippen LogP contribution is -2.44. The number of esters is 1. The number of carbonyl (C=O) groups is 2. The van der Waals surface area contributed by atoms with Crippen molar-refractivity contribution in [2.45, 2.75) is 13.5 Å². The van der Waals surface area contributed by atoms with E-state index >= 15 is 0 Å². The zero-order valence-electron chi connectivity index (χ0n) is 10.5. The number of hydrogen-bond donors (Lipinski definition) is 1. The van der Waals surface area contributed by atoms with E-state index in [2.05, 4.69) is 9.72 Å². The maximum Gasteiger partial charge on any atom is 0.378 e. The van der Waals surface area contributed by atoms with Crippen molar-refractivity contribution in [3.05, 3.63) is 30.5 Å². The van der Waals surface area contributed by atoms with Gasteiger partial charge >= 0.3 is 5.97 Å². The van der Waals surface area contributed by atoms with Crippen LogP contribution in [0.5, 0.6) is 0 Å². The fourth-order valence-corrected chi connectivity index (χ4v) is 1.74. The van der Waals surface area contributed by atoms with Crippen LogP contribution in [0.25, 0.3) is 11.0 Å². The first-order valence-electron chi connectivity index (χ1n) is 5.86. The summed E-state index contributed by atoms with van der Waals surface area (Å²) < 4.78 is 6.21. The first-order chi connectivity index (χ1) is 9.13. The Morgan fingerprint density at radius 3 is 2.84 bits per heavy atom. The number of hydrogen-bond acceptors (Lipinski definition) is 5. The number of para-hydroxylation sites is 2. The third kappa shape index (κ3) is 2.67. The molecule has 0 saturated carbocycles. The largest absolute Gasteiger partial charge is 0.460 e. The second-order valence-electron chi connectivity index (χ2n) is 3.90. The van der Waals surface area contributed by atoms with E-state index in [0.717, 1.165) is 0 Å². The van der Waals surface area contributed by atoms with Crippen LogP contribution < -0.4 is 10.3 Å². The quantitative estimate of drug-likeness (QED) is 0.483. The molecule has 6 heteroatoms. The first-order valence-corrected chi connectivity index (χ1v) is 5.86. The van der Waals surface area contributed by atoms with E-state index in [0.29, 0.717) is 16.9 Å². The molecular weight excluding hydrogens is 246 g/mol. The van der Waals surface area contributed by atoms with Crippen molar-refractivity contribution < 1.29 is 18.9 Å². The number of rotatable bonds is 4. The fraction of sp³-hybridized carbons (Fsp3) is 0.231. The molecule has 2 aromatic rings. The predicted molar refractivity (Wildman–Crippen MR) is 68.0 cm³/mol. The molecule has 0 bridgehead atoms. The highest BCUT2D eigenvalue weighted by atomic mass is 16.5. The summed E-state index contributed by atoms with van der Waals surface area (Å²) in [6.45, 7) is 1.66. The normalized spacial score (nSPS) is 10.4. The van der Waals surface area contributed by atoms with Crippen molar-refractivity contribution in [3.8, 4) is 0 Å². The number of ketones is 1. The Balaban J connectivity index is 2.37. The van der Waals surface area contributed by atoms with Gasteiger partial charge in [0, 0.05) is 0 Å². The summed E-state index contributed by atoms with van der Waals surface area (Å²) in [7, 11) is 0. The van der Waals surface area contributed by atoms with Crippen LogP contribution in [-0.2, 0) is 20.9 Å². The molecule has 0 aliphatic carbocycles. The zero-order chi connectivity index (χ0) is 13.8. The average molecular weight is 260 g/mol. The van der Waals surface area contributed by atoms with Crippen molar-refractivity contribution in [1.82, 2.24) is 4.98 Å². The summed E-state index contributed by atoms with van der Waals surface area (Å²) >= 11 is 0. The van der Waals surface area contributed by atoms with Gasteiger partial charge in [0.15, 0.2) is 12.1 Å². The maximum atomic E-state index is 11.7. The highest BCUT2D eigenvalue weighted by Gasteiger charge is 2.21. The van der Waals surface area contributed by atoms with Gasteiger partial charge in [0.05, 0.1) is 6.61 Å². The Bertz CT molecular complexity index is 640. The van der Waals surface area contributed by atoms with E-state index in [9.17, 15) is 9.59 Å². The summed E-state index contributed by atoms with van der Waals surface area (Å²) in [4.78, 5) is 27.2. The summed E-state index contributed by atoms with van der Waals surface area (Å²) in [5.74, 6) is -1.18. The summed E-state index contributed by atoms with van der Waals surface area (Å²) in [6, 6.07) is 7.25. The number of nitrogen functional groups attached to an aromatic ring is 1. The van der Waals surface area contributed by atoms with Gasteiger partial charge < -0.3 is 4.74 Å². The molecule has 0 spiro atoms. The lowest BCUT2D eigenvalue weighted by atomic mass is 10.2. The number of anilines is 1. The minimum absolute atomic E-state index is 0.159. The van der Waals surface area contributed by atoms with Gasteiger partial charge in [-0.2, -0.15) is 0 Å². The van der Waals surface area contributed by atoms with Crippen molar-refractivity contribution in [3.63, 3.8) is 0 Å². The molecular formula is C13H14N3O3+. The number of ether oxygens (including phenoxy) is 1. The maximum absolute atomic E-state index is 11.7. The van der Waals surface area contributed by atoms with Crippen LogP contribution in [0.3, 0.4) is 0 Å². The lowest BCUT2D eigenvalue weighted by molar-refractivity contribution is -0.643. The molecule has 1 heterocycles. The Hall–Kier alpha value is -2.50. The molecule has 98 valence electrons. The first kappa shape index (κ1) is 12.9. The van der Waals surface area contributed by atoms with Crippen LogP contribution in [0.15, 0.2) is 30.5 Å². The monoisotopic (exact) mass is 260 g/mol. The molecule has 0 unspecified atom stereocenters. The second-order valence-corrected chi connectivity index (χ2v) is 3.90. The van der Waals surface area contributed by atoms with Crippen molar-refractivity contribution in [2.75, 3.05) is 12.3 Å². The van der Waals surface area contributed by atoms with Gasteiger partial charge in [0.1, 0.15) is 11.7 Å². The van der Waals surface area contributed by atoms with E-state index in [1.54, 1.807) is 23.6 Å². The van der Waals surface area contributed by atoms with Crippen LogP contribution in [-0.4, -0.2) is 23.3 Å². The van der Waals surface area contributed by atoms with E-state index in [4.69, 9.17) is 5.73 Å². The molecule has 0 saturated heterocycles. The van der Waals surface area contributed by atoms with Crippen molar-refractivity contribution in [2.24, 2.45) is 0 Å². The number of fused-ring (bicyclic) bond motifs is 1. The number of nitrogens with two attached hydrogens (primary N) is 1. The molecule has 0 aliphatic rings. The third-order valence-electron chi connectivity index (χ3n) is 2.62. The summed E-state index contributed by atoms with van der Waals surface area (Å²) in [6.07, 6.45) is 1.46. The van der Waals surface area contributed by atoms with Crippen molar-refractivity contribution in [1.29, 1.82) is 0 Å². The Kier molecular flexibility index (Phi) is 3.70. The second kappa shape index (κ2) is 5.43. The average Bonchev–Trinajstić information content (AvgIpc) is 2.42. The topological polar surface area (TPSA) is 86.2 Å². The highest BCUT2D eigenvalue weighted by molar-refractivity contribution is 6.33. The number of carbonyl (C=O) groups excluding carboxylic acids is 2. The summed E-state index contributed by atoms with van der Waals surface area (Å²) in [5.41, 5.74) is 7.20. The SMILES string of the molecule is CCOC(=O)C(=O)C[n+]1c(N)cnc2ccccc21. The van der Waals surface area contributed by atoms with Crippen LogP contribution >= 0.6 is 0 Å². The van der Waals surface area contributed by atoms with Gasteiger partial charge in [-0.25, -0.2) is 14.3 Å². The van der Waals surface area contributed by atoms with Crippen LogP contribution in [0.2, 0.25) is 0 Å². The van der Waals surface area contributed by atoms with Gasteiger partial charge in [-0.3, -0.25) is 10.5 Å². The summed E-state index contributed by atoms with van der Waals surface area (Å²) in [5, 5.41) is 0. The predicted octanol–water partition coefficient (Wildman–Crippen LogP) is 0.237. The fourth-order valence-electron chi connectivity index (χ4n) is 1.74. The van der Waals surface area contributed by atoms with Gasteiger partial charge in [-0.1, -0.05) is 12.1 Å². The van der Waals surface area contributed by atoms with E-state index in [1.807, 2.05) is 12.1 Å². The Morgan fingerprint density at radius 1 is 1.37 bits per heavy atom. The number of aromatic nitrogens is 2. The molecule has 2 rings (SSSR count). The molecule has 19 heavy (non-hydrogen) atoms. The number of Topliss-reactive ketones (excluding diaryl/α,β-unsaturated/α-hetero) is 1. The minimum Gasteiger partial charge on any atom is -0.460 e. The Morgan fingerprint density at radius 2 is 2.11 bits per heavy atom. The van der Waals surface area contributed by atoms with Crippen LogP contribution in [0.1, 0.15) is 6.92 Å². The number of nitrogens with zero attached hydrogens (tertiary/aromatic N) is 2. The molecule has 0 fully saturated rings. The smallest absolute Gasteiger partial charge is 0.378 e. The van der Waals surface area contributed by atoms with E-state index < -0.39 is 11.8 Å². The molecule has 0 aliphatic heterocycles. The van der Waals surface area contributed by atoms with E-state index in [1.165, 1.54) is 6.20 Å². The molecule has 0 amide bonds. The third-order valence-corrected chi connectivity index (χ3v) is 2.62. The molecule has 1 aromatic heterocycles. The van der Waals surface area contributed by atoms with Crippen LogP contribution in [0.4, 0.5) is 5.82 Å². The molecule has 0 radical (unpaired) electrons. The van der Waals surface area contributed by atoms with Gasteiger partial charge in [-0.05, 0) is 19.1 Å². The molecule has 6 nitrogen and oxygen atoms in total. The minimum atomic E-state index is -0.852. The lowest BCUT2D eigenvalue weighted by Gasteiger charge is -2.05. The van der Waals surface area contributed by atoms with Gasteiger partial charge in [0.2, 0.25) is 0 Å². The molecule has 1 aromatic carbocycles. The van der Waals surface area contributed by atoms with Gasteiger partial charge in [-0.15, -0.1) is 0 Å². The zero-order valence-corrected chi connectivity index (χ0v) is 10.5. The molecule has 0 atom stereocenters.